The first-order valence-electron chi connectivity index (χ1n) is 7.99. The van der Waals surface area contributed by atoms with Crippen LogP contribution in [0.5, 0.6) is 0 Å². The summed E-state index contributed by atoms with van der Waals surface area (Å²) in [6.07, 6.45) is 7.82. The Morgan fingerprint density at radius 3 is 2.64 bits per heavy atom. The lowest BCUT2D eigenvalue weighted by Crippen LogP contribution is -1.92. The summed E-state index contributed by atoms with van der Waals surface area (Å²) < 4.78 is 1.82. The molecule has 1 aromatic carbocycles. The van der Waals surface area contributed by atoms with Gasteiger partial charge in [0.25, 0.3) is 0 Å². The SMILES string of the molecule is C(=C\c1cn2nc(SCc3ccccn3)ccc2n1)/c1ccccc1. The Labute approximate surface area is 150 Å². The molecule has 0 aliphatic carbocycles. The highest BCUT2D eigenvalue weighted by molar-refractivity contribution is 7.98. The van der Waals surface area contributed by atoms with Gasteiger partial charge in [-0.05, 0) is 35.9 Å². The van der Waals surface area contributed by atoms with E-state index in [1.807, 2.05) is 71.5 Å². The summed E-state index contributed by atoms with van der Waals surface area (Å²) in [5, 5.41) is 5.57. The molecule has 3 aromatic heterocycles. The molecule has 25 heavy (non-hydrogen) atoms. The Hall–Kier alpha value is -2.92. The van der Waals surface area contributed by atoms with Crippen LogP contribution in [0.1, 0.15) is 17.0 Å². The lowest BCUT2D eigenvalue weighted by atomic mass is 10.2. The molecule has 0 aliphatic heterocycles. The molecule has 0 bridgehead atoms. The van der Waals surface area contributed by atoms with Crippen molar-refractivity contribution in [3.05, 3.63) is 90.0 Å². The van der Waals surface area contributed by atoms with E-state index < -0.39 is 0 Å². The van der Waals surface area contributed by atoms with Gasteiger partial charge < -0.3 is 0 Å². The number of pyridine rings is 1. The van der Waals surface area contributed by atoms with Crippen molar-refractivity contribution in [2.75, 3.05) is 0 Å². The Morgan fingerprint density at radius 1 is 0.920 bits per heavy atom. The summed E-state index contributed by atoms with van der Waals surface area (Å²) in [4.78, 5) is 8.92. The van der Waals surface area contributed by atoms with Gasteiger partial charge in [-0.3, -0.25) is 4.98 Å². The molecule has 0 unspecified atom stereocenters. The summed E-state index contributed by atoms with van der Waals surface area (Å²) >= 11 is 1.67. The number of imidazole rings is 1. The van der Waals surface area contributed by atoms with Crippen LogP contribution in [0.4, 0.5) is 0 Å². The van der Waals surface area contributed by atoms with Crippen molar-refractivity contribution in [3.63, 3.8) is 0 Å². The van der Waals surface area contributed by atoms with Gasteiger partial charge in [-0.25, -0.2) is 9.50 Å². The molecule has 4 aromatic rings. The zero-order valence-corrected chi connectivity index (χ0v) is 14.3. The van der Waals surface area contributed by atoms with Crippen LogP contribution in [0.3, 0.4) is 0 Å². The Kier molecular flexibility index (Phi) is 4.57. The first-order valence-corrected chi connectivity index (χ1v) is 8.98. The predicted molar refractivity (Wildman–Crippen MR) is 102 cm³/mol. The minimum Gasteiger partial charge on any atom is -0.260 e. The number of hydrogen-bond acceptors (Lipinski definition) is 4. The van der Waals surface area contributed by atoms with Gasteiger partial charge in [0.2, 0.25) is 0 Å². The second kappa shape index (κ2) is 7.32. The van der Waals surface area contributed by atoms with Crippen molar-refractivity contribution in [1.29, 1.82) is 0 Å². The van der Waals surface area contributed by atoms with Crippen LogP contribution in [0, 0.1) is 0 Å². The van der Waals surface area contributed by atoms with Gasteiger partial charge in [-0.2, -0.15) is 5.10 Å². The van der Waals surface area contributed by atoms with Crippen molar-refractivity contribution in [1.82, 2.24) is 19.6 Å². The number of nitrogens with zero attached hydrogens (tertiary/aromatic N) is 4. The van der Waals surface area contributed by atoms with E-state index in [1.54, 1.807) is 11.8 Å². The van der Waals surface area contributed by atoms with E-state index in [0.29, 0.717) is 0 Å². The average molecular weight is 344 g/mol. The molecule has 0 spiro atoms. The Balaban J connectivity index is 1.50. The van der Waals surface area contributed by atoms with E-state index in [2.05, 4.69) is 33.3 Å². The summed E-state index contributed by atoms with van der Waals surface area (Å²) in [6, 6.07) is 20.1. The molecule has 4 nitrogen and oxygen atoms in total. The lowest BCUT2D eigenvalue weighted by molar-refractivity contribution is 0.858. The Bertz CT molecular complexity index is 994. The molecule has 4 rings (SSSR count). The topological polar surface area (TPSA) is 43.1 Å². The van der Waals surface area contributed by atoms with Gasteiger partial charge in [0, 0.05) is 11.9 Å². The minimum absolute atomic E-state index is 0.800. The highest BCUT2D eigenvalue weighted by atomic mass is 32.2. The second-order valence-corrected chi connectivity index (χ2v) is 6.49. The Morgan fingerprint density at radius 2 is 1.80 bits per heavy atom. The van der Waals surface area contributed by atoms with Crippen molar-refractivity contribution in [2.45, 2.75) is 10.8 Å². The summed E-state index contributed by atoms with van der Waals surface area (Å²) in [5.74, 6) is 0.800. The molecule has 0 saturated heterocycles. The normalized spacial score (nSPS) is 11.4. The lowest BCUT2D eigenvalue weighted by Gasteiger charge is -2.00. The van der Waals surface area contributed by atoms with Crippen LogP contribution in [0.25, 0.3) is 17.8 Å². The fraction of sp³-hybridized carbons (Fsp3) is 0.0500. The van der Waals surface area contributed by atoms with E-state index in [0.717, 1.165) is 33.4 Å². The molecule has 0 fully saturated rings. The zero-order chi connectivity index (χ0) is 16.9. The number of aromatic nitrogens is 4. The van der Waals surface area contributed by atoms with Crippen molar-refractivity contribution < 1.29 is 0 Å². The molecular formula is C20H16N4S. The third-order valence-electron chi connectivity index (χ3n) is 3.65. The van der Waals surface area contributed by atoms with E-state index in [9.17, 15) is 0 Å². The number of rotatable bonds is 5. The number of fused-ring (bicyclic) bond motifs is 1. The van der Waals surface area contributed by atoms with Gasteiger partial charge in [-0.1, -0.05) is 54.2 Å². The zero-order valence-electron chi connectivity index (χ0n) is 13.5. The van der Waals surface area contributed by atoms with Crippen LogP contribution in [-0.2, 0) is 5.75 Å². The summed E-state index contributed by atoms with van der Waals surface area (Å²) in [5.41, 5.74) is 3.93. The molecule has 0 radical (unpaired) electrons. The molecule has 0 atom stereocenters. The molecule has 122 valence electrons. The largest absolute Gasteiger partial charge is 0.260 e. The third kappa shape index (κ3) is 3.95. The van der Waals surface area contributed by atoms with E-state index in [1.165, 1.54) is 0 Å². The molecular weight excluding hydrogens is 328 g/mol. The van der Waals surface area contributed by atoms with E-state index in [4.69, 9.17) is 0 Å². The molecule has 3 heterocycles. The monoisotopic (exact) mass is 344 g/mol. The number of benzene rings is 1. The summed E-state index contributed by atoms with van der Waals surface area (Å²) in [6.45, 7) is 0. The van der Waals surface area contributed by atoms with Crippen LogP contribution < -0.4 is 0 Å². The number of hydrogen-bond donors (Lipinski definition) is 0. The minimum atomic E-state index is 0.800. The van der Waals surface area contributed by atoms with E-state index >= 15 is 0 Å². The first kappa shape index (κ1) is 15.6. The van der Waals surface area contributed by atoms with E-state index in [-0.39, 0.29) is 0 Å². The van der Waals surface area contributed by atoms with Gasteiger partial charge in [0.15, 0.2) is 5.65 Å². The summed E-state index contributed by atoms with van der Waals surface area (Å²) in [7, 11) is 0. The maximum Gasteiger partial charge on any atom is 0.154 e. The predicted octanol–water partition coefficient (Wildman–Crippen LogP) is 4.59. The van der Waals surface area contributed by atoms with Crippen molar-refractivity contribution in [3.8, 4) is 0 Å². The van der Waals surface area contributed by atoms with Crippen LogP contribution in [-0.4, -0.2) is 19.6 Å². The maximum absolute atomic E-state index is 4.62. The van der Waals surface area contributed by atoms with Crippen LogP contribution >= 0.6 is 11.8 Å². The third-order valence-corrected chi connectivity index (χ3v) is 4.61. The van der Waals surface area contributed by atoms with Gasteiger partial charge in [0.05, 0.1) is 17.6 Å². The maximum atomic E-state index is 4.62. The molecule has 0 saturated carbocycles. The second-order valence-electron chi connectivity index (χ2n) is 5.49. The molecule has 0 amide bonds. The van der Waals surface area contributed by atoms with Gasteiger partial charge in [-0.15, -0.1) is 0 Å². The van der Waals surface area contributed by atoms with Crippen LogP contribution in [0.2, 0.25) is 0 Å². The van der Waals surface area contributed by atoms with Crippen molar-refractivity contribution in [2.24, 2.45) is 0 Å². The molecule has 0 N–H and O–H groups in total. The van der Waals surface area contributed by atoms with Crippen LogP contribution in [0.15, 0.2) is 78.1 Å². The van der Waals surface area contributed by atoms with Gasteiger partial charge in [0.1, 0.15) is 5.03 Å². The molecule has 5 heteroatoms. The average Bonchev–Trinajstić information content (AvgIpc) is 3.08. The highest BCUT2D eigenvalue weighted by Gasteiger charge is 2.03. The fourth-order valence-electron chi connectivity index (χ4n) is 2.42. The fourth-order valence-corrected chi connectivity index (χ4v) is 3.19. The van der Waals surface area contributed by atoms with Gasteiger partial charge >= 0.3 is 0 Å². The highest BCUT2D eigenvalue weighted by Crippen LogP contribution is 2.20. The standard InChI is InChI=1S/C20H16N4S/c1-2-6-16(7-3-1)9-10-17-14-24-19(22-17)11-12-20(23-24)25-15-18-8-4-5-13-21-18/h1-14H,15H2/b10-9+. The number of thioether (sulfide) groups is 1. The first-order chi connectivity index (χ1) is 12.4. The molecule has 0 aliphatic rings. The van der Waals surface area contributed by atoms with Crippen molar-refractivity contribution >= 4 is 29.6 Å². The quantitative estimate of drug-likeness (QED) is 0.497. The smallest absolute Gasteiger partial charge is 0.154 e.